The number of rotatable bonds is 5. The SMILES string of the molecule is C=CONCC.CCCc1ccccc1. The fourth-order valence-electron chi connectivity index (χ4n) is 1.08. The molecule has 0 bridgehead atoms. The molecular weight excluding hydrogens is 186 g/mol. The summed E-state index contributed by atoms with van der Waals surface area (Å²) in [5.41, 5.74) is 4.02. The third-order valence-corrected chi connectivity index (χ3v) is 1.69. The predicted octanol–water partition coefficient (Wildman–Crippen LogP) is 3.31. The van der Waals surface area contributed by atoms with Crippen LogP contribution in [0.2, 0.25) is 0 Å². The van der Waals surface area contributed by atoms with Gasteiger partial charge in [-0.05, 0) is 18.9 Å². The lowest BCUT2D eigenvalue weighted by Crippen LogP contribution is -2.07. The number of hydroxylamine groups is 1. The summed E-state index contributed by atoms with van der Waals surface area (Å²) in [5, 5.41) is 0. The van der Waals surface area contributed by atoms with Crippen molar-refractivity contribution in [3.05, 3.63) is 48.7 Å². The van der Waals surface area contributed by atoms with Gasteiger partial charge in [0, 0.05) is 6.54 Å². The van der Waals surface area contributed by atoms with Crippen LogP contribution in [0.15, 0.2) is 43.2 Å². The molecule has 0 aliphatic carbocycles. The quantitative estimate of drug-likeness (QED) is 0.454. The minimum atomic E-state index is 0.812. The topological polar surface area (TPSA) is 21.3 Å². The average Bonchev–Trinajstić information content (AvgIpc) is 2.29. The van der Waals surface area contributed by atoms with Crippen molar-refractivity contribution < 1.29 is 4.84 Å². The van der Waals surface area contributed by atoms with Gasteiger partial charge < -0.3 is 4.84 Å². The van der Waals surface area contributed by atoms with Crippen LogP contribution in [0.4, 0.5) is 0 Å². The van der Waals surface area contributed by atoms with Crippen LogP contribution in [0.1, 0.15) is 25.8 Å². The highest BCUT2D eigenvalue weighted by Gasteiger charge is 1.84. The Morgan fingerprint density at radius 1 is 1.27 bits per heavy atom. The van der Waals surface area contributed by atoms with Crippen LogP contribution in [-0.2, 0) is 11.3 Å². The van der Waals surface area contributed by atoms with Crippen molar-refractivity contribution in [2.24, 2.45) is 0 Å². The molecule has 0 radical (unpaired) electrons. The highest BCUT2D eigenvalue weighted by Crippen LogP contribution is 2.00. The Morgan fingerprint density at radius 2 is 1.93 bits per heavy atom. The van der Waals surface area contributed by atoms with E-state index in [2.05, 4.69) is 54.2 Å². The van der Waals surface area contributed by atoms with Gasteiger partial charge in [0.15, 0.2) is 0 Å². The zero-order valence-electron chi connectivity index (χ0n) is 9.70. The first-order chi connectivity index (χ1) is 7.35. The second kappa shape index (κ2) is 10.8. The van der Waals surface area contributed by atoms with Crippen LogP contribution in [-0.4, -0.2) is 6.54 Å². The molecule has 0 aliphatic rings. The molecule has 0 saturated heterocycles. The Hall–Kier alpha value is -1.28. The van der Waals surface area contributed by atoms with Crippen molar-refractivity contribution in [1.82, 2.24) is 5.48 Å². The largest absolute Gasteiger partial charge is 0.417 e. The van der Waals surface area contributed by atoms with E-state index >= 15 is 0 Å². The predicted molar refractivity (Wildman–Crippen MR) is 65.4 cm³/mol. The molecule has 0 heterocycles. The maximum absolute atomic E-state index is 4.50. The molecule has 2 heteroatoms. The van der Waals surface area contributed by atoms with E-state index in [1.165, 1.54) is 24.7 Å². The van der Waals surface area contributed by atoms with E-state index in [0.717, 1.165) is 6.54 Å². The van der Waals surface area contributed by atoms with Gasteiger partial charge in [-0.15, -0.1) is 0 Å². The Morgan fingerprint density at radius 3 is 2.33 bits per heavy atom. The van der Waals surface area contributed by atoms with Crippen molar-refractivity contribution in [3.8, 4) is 0 Å². The summed E-state index contributed by atoms with van der Waals surface area (Å²) in [6, 6.07) is 10.6. The molecule has 84 valence electrons. The van der Waals surface area contributed by atoms with Crippen LogP contribution >= 0.6 is 0 Å². The Balaban J connectivity index is 0.000000288. The first-order valence-corrected chi connectivity index (χ1v) is 5.38. The van der Waals surface area contributed by atoms with Crippen molar-refractivity contribution in [1.29, 1.82) is 0 Å². The lowest BCUT2D eigenvalue weighted by atomic mass is 10.1. The number of nitrogens with one attached hydrogen (secondary N) is 1. The molecule has 2 nitrogen and oxygen atoms in total. The van der Waals surface area contributed by atoms with Gasteiger partial charge in [-0.1, -0.05) is 50.3 Å². The Bertz CT molecular complexity index is 234. The molecule has 0 spiro atoms. The standard InChI is InChI=1S/C9H12.C4H9NO/c1-2-6-9-7-4-3-5-8-9;1-3-5-6-4-2/h3-5,7-8H,2,6H2,1H3;4-5H,2-3H2,1H3. The lowest BCUT2D eigenvalue weighted by Gasteiger charge is -1.93. The van der Waals surface area contributed by atoms with Gasteiger partial charge in [-0.2, -0.15) is 5.48 Å². The number of aryl methyl sites for hydroxylation is 1. The number of hydrogen-bond acceptors (Lipinski definition) is 2. The first-order valence-electron chi connectivity index (χ1n) is 5.38. The van der Waals surface area contributed by atoms with Crippen molar-refractivity contribution in [3.63, 3.8) is 0 Å². The minimum absolute atomic E-state index is 0.812. The summed E-state index contributed by atoms with van der Waals surface area (Å²) >= 11 is 0. The lowest BCUT2D eigenvalue weighted by molar-refractivity contribution is 0.141. The fraction of sp³-hybridized carbons (Fsp3) is 0.385. The average molecular weight is 207 g/mol. The molecule has 0 aromatic heterocycles. The van der Waals surface area contributed by atoms with Crippen LogP contribution < -0.4 is 5.48 Å². The van der Waals surface area contributed by atoms with Crippen molar-refractivity contribution in [2.75, 3.05) is 6.54 Å². The molecule has 1 aromatic carbocycles. The maximum Gasteiger partial charge on any atom is 0.104 e. The highest BCUT2D eigenvalue weighted by atomic mass is 16.6. The van der Waals surface area contributed by atoms with Gasteiger partial charge in [-0.25, -0.2) is 0 Å². The Kier molecular flexibility index (Phi) is 9.88. The van der Waals surface area contributed by atoms with E-state index in [4.69, 9.17) is 0 Å². The van der Waals surface area contributed by atoms with Gasteiger partial charge in [-0.3, -0.25) is 0 Å². The van der Waals surface area contributed by atoms with E-state index in [1.54, 1.807) is 0 Å². The fourth-order valence-corrected chi connectivity index (χ4v) is 1.08. The van der Waals surface area contributed by atoms with Gasteiger partial charge in [0.25, 0.3) is 0 Å². The monoisotopic (exact) mass is 207 g/mol. The molecule has 1 aromatic rings. The van der Waals surface area contributed by atoms with E-state index < -0.39 is 0 Å². The van der Waals surface area contributed by atoms with E-state index in [-0.39, 0.29) is 0 Å². The van der Waals surface area contributed by atoms with E-state index in [9.17, 15) is 0 Å². The zero-order valence-corrected chi connectivity index (χ0v) is 9.70. The van der Waals surface area contributed by atoms with E-state index in [1.807, 2.05) is 6.92 Å². The molecule has 15 heavy (non-hydrogen) atoms. The zero-order chi connectivity index (χ0) is 11.4. The third-order valence-electron chi connectivity index (χ3n) is 1.69. The molecule has 0 saturated carbocycles. The molecule has 1 rings (SSSR count). The molecule has 0 aliphatic heterocycles. The number of hydrogen-bond donors (Lipinski definition) is 1. The first kappa shape index (κ1) is 13.7. The molecular formula is C13H21NO. The van der Waals surface area contributed by atoms with Gasteiger partial charge >= 0.3 is 0 Å². The third kappa shape index (κ3) is 9.03. The van der Waals surface area contributed by atoms with Crippen LogP contribution in [0.25, 0.3) is 0 Å². The van der Waals surface area contributed by atoms with Crippen molar-refractivity contribution >= 4 is 0 Å². The summed E-state index contributed by atoms with van der Waals surface area (Å²) in [6.07, 6.45) is 3.80. The molecule has 0 amide bonds. The highest BCUT2D eigenvalue weighted by molar-refractivity contribution is 5.14. The smallest absolute Gasteiger partial charge is 0.104 e. The molecule has 0 fully saturated rings. The van der Waals surface area contributed by atoms with Gasteiger partial charge in [0.05, 0.1) is 0 Å². The van der Waals surface area contributed by atoms with Crippen LogP contribution in [0.3, 0.4) is 0 Å². The second-order valence-electron chi connectivity index (χ2n) is 3.02. The number of benzene rings is 1. The Labute approximate surface area is 92.9 Å². The maximum atomic E-state index is 4.50. The van der Waals surface area contributed by atoms with Crippen LogP contribution in [0, 0.1) is 0 Å². The normalized spacial score (nSPS) is 8.67. The summed E-state index contributed by atoms with van der Waals surface area (Å²) in [7, 11) is 0. The molecule has 0 unspecified atom stereocenters. The van der Waals surface area contributed by atoms with Crippen LogP contribution in [0.5, 0.6) is 0 Å². The van der Waals surface area contributed by atoms with Gasteiger partial charge in [0.1, 0.15) is 6.26 Å². The summed E-state index contributed by atoms with van der Waals surface area (Å²) in [6.45, 7) is 8.27. The van der Waals surface area contributed by atoms with E-state index in [0.29, 0.717) is 0 Å². The molecule has 1 N–H and O–H groups in total. The minimum Gasteiger partial charge on any atom is -0.417 e. The second-order valence-corrected chi connectivity index (χ2v) is 3.02. The molecule has 0 atom stereocenters. The summed E-state index contributed by atoms with van der Waals surface area (Å²) in [5.74, 6) is 0. The summed E-state index contributed by atoms with van der Waals surface area (Å²) < 4.78 is 0. The van der Waals surface area contributed by atoms with Crippen molar-refractivity contribution in [2.45, 2.75) is 26.7 Å². The van der Waals surface area contributed by atoms with Gasteiger partial charge in [0.2, 0.25) is 0 Å². The summed E-state index contributed by atoms with van der Waals surface area (Å²) in [4.78, 5) is 4.50.